The Labute approximate surface area is 182 Å². The summed E-state index contributed by atoms with van der Waals surface area (Å²) in [6.45, 7) is 4.36. The molecule has 0 atom stereocenters. The second-order valence-corrected chi connectivity index (χ2v) is 7.16. The number of aromatic nitrogens is 2. The van der Waals surface area contributed by atoms with Crippen molar-refractivity contribution in [3.8, 4) is 0 Å². The quantitative estimate of drug-likeness (QED) is 0.626. The fraction of sp³-hybridized carbons (Fsp3) is 0.238. The molecule has 1 fully saturated rings. The first-order valence-corrected chi connectivity index (χ1v) is 9.86. The molecule has 2 amide bonds. The summed E-state index contributed by atoms with van der Waals surface area (Å²) in [5.74, 6) is -2.26. The molecule has 0 radical (unpaired) electrons. The molecule has 2 heterocycles. The molecule has 0 unspecified atom stereocenters. The van der Waals surface area contributed by atoms with E-state index in [2.05, 4.69) is 25.7 Å². The molecule has 11 heteroatoms. The number of hydrogen-bond donors (Lipinski definition) is 2. The van der Waals surface area contributed by atoms with Gasteiger partial charge in [-0.15, -0.1) is 5.10 Å². The molecule has 1 saturated heterocycles. The van der Waals surface area contributed by atoms with Crippen LogP contribution < -0.4 is 15.5 Å². The van der Waals surface area contributed by atoms with Gasteiger partial charge in [-0.3, -0.25) is 9.59 Å². The average Bonchev–Trinajstić information content (AvgIpc) is 3.26. The van der Waals surface area contributed by atoms with Crippen molar-refractivity contribution in [2.24, 2.45) is 0 Å². The third-order valence-electron chi connectivity index (χ3n) is 5.00. The second-order valence-electron chi connectivity index (χ2n) is 7.16. The number of halogens is 2. The molecule has 166 valence electrons. The van der Waals surface area contributed by atoms with Crippen molar-refractivity contribution in [3.63, 3.8) is 0 Å². The lowest BCUT2D eigenvalue weighted by Gasteiger charge is -2.35. The Balaban J connectivity index is 1.35. The Bertz CT molecular complexity index is 1130. The molecule has 1 aromatic heterocycles. The summed E-state index contributed by atoms with van der Waals surface area (Å²) in [4.78, 5) is 27.8. The van der Waals surface area contributed by atoms with E-state index < -0.39 is 17.5 Å². The molecule has 1 aliphatic rings. The molecule has 32 heavy (non-hydrogen) atoms. The van der Waals surface area contributed by atoms with Crippen LogP contribution in [0.4, 0.5) is 31.9 Å². The van der Waals surface area contributed by atoms with Crippen molar-refractivity contribution >= 4 is 34.9 Å². The van der Waals surface area contributed by atoms with E-state index in [1.807, 2.05) is 12.1 Å². The van der Waals surface area contributed by atoms with Crippen LogP contribution >= 0.6 is 0 Å². The first-order chi connectivity index (χ1) is 15.4. The van der Waals surface area contributed by atoms with Crippen LogP contribution in [0.1, 0.15) is 17.6 Å². The van der Waals surface area contributed by atoms with Gasteiger partial charge in [-0.1, -0.05) is 5.10 Å². The van der Waals surface area contributed by atoms with Crippen LogP contribution in [0.15, 0.2) is 46.9 Å². The minimum Gasteiger partial charge on any atom is -0.399 e. The summed E-state index contributed by atoms with van der Waals surface area (Å²) in [7, 11) is 0. The van der Waals surface area contributed by atoms with Crippen LogP contribution in [0.2, 0.25) is 0 Å². The van der Waals surface area contributed by atoms with Crippen LogP contribution in [0.5, 0.6) is 0 Å². The average molecular weight is 442 g/mol. The number of rotatable bonds is 5. The van der Waals surface area contributed by atoms with E-state index in [1.165, 1.54) is 0 Å². The molecule has 3 aromatic rings. The minimum atomic E-state index is -0.710. The summed E-state index contributed by atoms with van der Waals surface area (Å²) in [5, 5.41) is 12.3. The third-order valence-corrected chi connectivity index (χ3v) is 5.00. The van der Waals surface area contributed by atoms with Gasteiger partial charge < -0.3 is 24.9 Å². The van der Waals surface area contributed by atoms with Gasteiger partial charge in [0, 0.05) is 50.5 Å². The van der Waals surface area contributed by atoms with E-state index in [4.69, 9.17) is 4.42 Å². The highest BCUT2D eigenvalue weighted by Crippen LogP contribution is 2.22. The van der Waals surface area contributed by atoms with Gasteiger partial charge in [-0.25, -0.2) is 8.78 Å². The number of carbonyl (C=O) groups excluding carboxylic acids is 2. The molecule has 2 N–H and O–H groups in total. The first kappa shape index (κ1) is 21.2. The molecular weight excluding hydrogens is 422 g/mol. The van der Waals surface area contributed by atoms with Crippen molar-refractivity contribution < 1.29 is 22.8 Å². The number of benzene rings is 2. The lowest BCUT2D eigenvalue weighted by molar-refractivity contribution is -0.129. The monoisotopic (exact) mass is 442 g/mol. The maximum Gasteiger partial charge on any atom is 0.320 e. The molecule has 0 spiro atoms. The van der Waals surface area contributed by atoms with E-state index in [1.54, 1.807) is 24.0 Å². The summed E-state index contributed by atoms with van der Waals surface area (Å²) >= 11 is 0. The number of amides is 2. The zero-order valence-corrected chi connectivity index (χ0v) is 17.1. The number of nitrogens with one attached hydrogen (secondary N) is 2. The van der Waals surface area contributed by atoms with Crippen LogP contribution in [-0.2, 0) is 4.79 Å². The van der Waals surface area contributed by atoms with Crippen LogP contribution in [0.3, 0.4) is 0 Å². The predicted octanol–water partition coefficient (Wildman–Crippen LogP) is 3.01. The Kier molecular flexibility index (Phi) is 5.97. The number of anilines is 4. The standard InChI is InChI=1S/C21H20F2N6O3/c1-13(30)28-8-10-29(11-9-28)16-5-3-15(4-6-16)24-19(31)20-26-27-21(32-20)25-18-12-14(22)2-7-17(18)23/h2-7,12H,8-11H2,1H3,(H,24,31)(H,25,27). The predicted molar refractivity (Wildman–Crippen MR) is 113 cm³/mol. The zero-order valence-electron chi connectivity index (χ0n) is 17.1. The number of piperazine rings is 1. The molecular formula is C21H20F2N6O3. The maximum atomic E-state index is 13.7. The summed E-state index contributed by atoms with van der Waals surface area (Å²) in [6.07, 6.45) is 0. The number of hydrogen-bond acceptors (Lipinski definition) is 7. The Morgan fingerprint density at radius 3 is 2.41 bits per heavy atom. The van der Waals surface area contributed by atoms with E-state index in [-0.39, 0.29) is 23.5 Å². The van der Waals surface area contributed by atoms with E-state index in [9.17, 15) is 18.4 Å². The molecule has 9 nitrogen and oxygen atoms in total. The smallest absolute Gasteiger partial charge is 0.320 e. The lowest BCUT2D eigenvalue weighted by atomic mass is 10.2. The SMILES string of the molecule is CC(=O)N1CCN(c2ccc(NC(=O)c3nnc(Nc4cc(F)ccc4F)o3)cc2)CC1. The highest BCUT2D eigenvalue weighted by Gasteiger charge is 2.19. The van der Waals surface area contributed by atoms with Crippen molar-refractivity contribution in [2.75, 3.05) is 41.7 Å². The van der Waals surface area contributed by atoms with Crippen LogP contribution in [0.25, 0.3) is 0 Å². The summed E-state index contributed by atoms with van der Waals surface area (Å²) in [5.41, 5.74) is 1.30. The number of carbonyl (C=O) groups is 2. The van der Waals surface area contributed by atoms with Gasteiger partial charge in [0.05, 0.1) is 5.69 Å². The summed E-state index contributed by atoms with van der Waals surface area (Å²) < 4.78 is 32.2. The van der Waals surface area contributed by atoms with Gasteiger partial charge in [0.25, 0.3) is 0 Å². The van der Waals surface area contributed by atoms with Gasteiger partial charge in [-0.2, -0.15) is 0 Å². The van der Waals surface area contributed by atoms with Gasteiger partial charge in [0.2, 0.25) is 5.91 Å². The Hall–Kier alpha value is -4.02. The highest BCUT2D eigenvalue weighted by molar-refractivity contribution is 6.01. The van der Waals surface area contributed by atoms with Gasteiger partial charge in [0.15, 0.2) is 0 Å². The van der Waals surface area contributed by atoms with Crippen molar-refractivity contribution in [2.45, 2.75) is 6.92 Å². The maximum absolute atomic E-state index is 13.7. The van der Waals surface area contributed by atoms with Crippen molar-refractivity contribution in [1.82, 2.24) is 15.1 Å². The third kappa shape index (κ3) is 4.82. The molecule has 4 rings (SSSR count). The van der Waals surface area contributed by atoms with E-state index in [0.717, 1.165) is 37.0 Å². The molecule has 0 saturated carbocycles. The van der Waals surface area contributed by atoms with Crippen LogP contribution in [0, 0.1) is 11.6 Å². The fourth-order valence-corrected chi connectivity index (χ4v) is 3.29. The largest absolute Gasteiger partial charge is 0.399 e. The molecule has 0 aliphatic carbocycles. The molecule has 0 bridgehead atoms. The first-order valence-electron chi connectivity index (χ1n) is 9.86. The second kappa shape index (κ2) is 9.00. The van der Waals surface area contributed by atoms with Crippen LogP contribution in [-0.4, -0.2) is 53.1 Å². The van der Waals surface area contributed by atoms with Gasteiger partial charge in [-0.05, 0) is 36.4 Å². The topological polar surface area (TPSA) is 104 Å². The van der Waals surface area contributed by atoms with E-state index in [0.29, 0.717) is 18.8 Å². The highest BCUT2D eigenvalue weighted by atomic mass is 19.1. The van der Waals surface area contributed by atoms with Crippen molar-refractivity contribution in [3.05, 3.63) is 60.0 Å². The Morgan fingerprint density at radius 1 is 1.00 bits per heavy atom. The number of nitrogens with zero attached hydrogens (tertiary/aromatic N) is 4. The minimum absolute atomic E-state index is 0.0724. The van der Waals surface area contributed by atoms with Gasteiger partial charge >= 0.3 is 17.8 Å². The van der Waals surface area contributed by atoms with E-state index >= 15 is 0 Å². The zero-order chi connectivity index (χ0) is 22.7. The summed E-state index contributed by atoms with van der Waals surface area (Å²) in [6, 6.07) is 9.82. The van der Waals surface area contributed by atoms with Gasteiger partial charge in [0.1, 0.15) is 11.6 Å². The molecule has 1 aliphatic heterocycles. The normalized spacial score (nSPS) is 13.7. The Morgan fingerprint density at radius 2 is 1.72 bits per heavy atom. The van der Waals surface area contributed by atoms with Crippen molar-refractivity contribution in [1.29, 1.82) is 0 Å². The lowest BCUT2D eigenvalue weighted by Crippen LogP contribution is -2.48. The fourth-order valence-electron chi connectivity index (χ4n) is 3.29. The molecule has 2 aromatic carbocycles.